The molecule has 0 bridgehead atoms. The number of rotatable bonds is 9. The number of ether oxygens (including phenoxy) is 1. The van der Waals surface area contributed by atoms with E-state index in [4.69, 9.17) is 4.74 Å². The molecule has 4 rings (SSSR count). The number of nitrogens with one attached hydrogen (secondary N) is 3. The Morgan fingerprint density at radius 2 is 1.55 bits per heavy atom. The number of hydrogen-bond acceptors (Lipinski definition) is 6. The lowest BCUT2D eigenvalue weighted by molar-refractivity contribution is -0.143. The highest BCUT2D eigenvalue weighted by Crippen LogP contribution is 2.35. The number of amides is 4. The SMILES string of the molecule is CC[C@H](NC(=O)OC(C)(C)C)C(=O)N[C@@H]1C(=O)N2[C@@H](CC[C@@H]1CC#N)CC[C@H]2C(=O)NC(c1ccccc1)c1ccccc1. The molecular formula is C34H43N5O5. The van der Waals surface area contributed by atoms with Crippen LogP contribution >= 0.6 is 0 Å². The summed E-state index contributed by atoms with van der Waals surface area (Å²) in [5.41, 5.74) is 1.10. The van der Waals surface area contributed by atoms with Crippen molar-refractivity contribution >= 4 is 23.8 Å². The van der Waals surface area contributed by atoms with Crippen molar-refractivity contribution in [2.75, 3.05) is 0 Å². The predicted octanol–water partition coefficient (Wildman–Crippen LogP) is 4.36. The smallest absolute Gasteiger partial charge is 0.408 e. The van der Waals surface area contributed by atoms with E-state index in [1.165, 1.54) is 0 Å². The molecule has 10 heteroatoms. The van der Waals surface area contributed by atoms with Crippen LogP contribution in [0.15, 0.2) is 60.7 Å². The van der Waals surface area contributed by atoms with Gasteiger partial charge < -0.3 is 25.6 Å². The van der Waals surface area contributed by atoms with Crippen LogP contribution in [-0.4, -0.2) is 58.5 Å². The van der Waals surface area contributed by atoms with E-state index in [0.717, 1.165) is 11.1 Å². The van der Waals surface area contributed by atoms with Crippen LogP contribution in [0.3, 0.4) is 0 Å². The fourth-order valence-electron chi connectivity index (χ4n) is 6.15. The van der Waals surface area contributed by atoms with Gasteiger partial charge in [0.1, 0.15) is 23.7 Å². The third-order valence-corrected chi connectivity index (χ3v) is 8.29. The lowest BCUT2D eigenvalue weighted by atomic mass is 9.90. The van der Waals surface area contributed by atoms with Crippen LogP contribution in [0.1, 0.15) is 83.4 Å². The molecule has 234 valence electrons. The number of nitriles is 1. The Morgan fingerprint density at radius 1 is 0.955 bits per heavy atom. The molecule has 2 aliphatic rings. The molecule has 0 aromatic heterocycles. The first-order valence-electron chi connectivity index (χ1n) is 15.4. The zero-order valence-electron chi connectivity index (χ0n) is 25.9. The molecule has 44 heavy (non-hydrogen) atoms. The molecule has 10 nitrogen and oxygen atoms in total. The zero-order valence-corrected chi connectivity index (χ0v) is 25.9. The minimum absolute atomic E-state index is 0.0779. The first-order valence-corrected chi connectivity index (χ1v) is 15.4. The standard InChI is InChI=1S/C34H43N5O5/c1-5-26(36-33(43)44-34(2,3)4)30(40)38-29-24(20-21-35)16-17-25-18-19-27(39(25)32(29)42)31(41)37-28(22-12-8-6-9-13-22)23-14-10-7-11-15-23/h6-15,24-29H,5,16-20H2,1-4H3,(H,36,43)(H,37,41)(H,38,40)/t24-,25+,26+,27+,29+/m1/s1. The highest BCUT2D eigenvalue weighted by molar-refractivity contribution is 5.95. The number of hydrogen-bond donors (Lipinski definition) is 3. The fourth-order valence-corrected chi connectivity index (χ4v) is 6.15. The summed E-state index contributed by atoms with van der Waals surface area (Å²) in [6.45, 7) is 6.93. The number of carbonyl (C=O) groups excluding carboxylic acids is 4. The van der Waals surface area contributed by atoms with Crippen LogP contribution in [0.5, 0.6) is 0 Å². The van der Waals surface area contributed by atoms with Gasteiger partial charge in [0.25, 0.3) is 0 Å². The van der Waals surface area contributed by atoms with Crippen LogP contribution in [0, 0.1) is 17.2 Å². The van der Waals surface area contributed by atoms with E-state index in [1.807, 2.05) is 60.7 Å². The van der Waals surface area contributed by atoms with Gasteiger partial charge in [-0.25, -0.2) is 4.79 Å². The maximum atomic E-state index is 14.2. The lowest BCUT2D eigenvalue weighted by Gasteiger charge is -2.33. The molecule has 2 aromatic rings. The van der Waals surface area contributed by atoms with E-state index in [-0.39, 0.29) is 30.7 Å². The third-order valence-electron chi connectivity index (χ3n) is 8.29. The highest BCUT2D eigenvalue weighted by Gasteiger charge is 2.48. The van der Waals surface area contributed by atoms with Gasteiger partial charge in [0.2, 0.25) is 17.7 Å². The van der Waals surface area contributed by atoms with Gasteiger partial charge in [-0.1, -0.05) is 67.6 Å². The van der Waals surface area contributed by atoms with Gasteiger partial charge in [0.05, 0.1) is 12.1 Å². The molecule has 3 N–H and O–H groups in total. The van der Waals surface area contributed by atoms with E-state index in [0.29, 0.717) is 25.7 Å². The molecular weight excluding hydrogens is 558 g/mol. The molecule has 0 unspecified atom stereocenters. The second kappa shape index (κ2) is 14.4. The molecule has 0 radical (unpaired) electrons. The summed E-state index contributed by atoms with van der Waals surface area (Å²) in [4.78, 5) is 55.6. The minimum Gasteiger partial charge on any atom is -0.444 e. The van der Waals surface area contributed by atoms with Crippen LogP contribution in [0.2, 0.25) is 0 Å². The van der Waals surface area contributed by atoms with Crippen LogP contribution in [0.25, 0.3) is 0 Å². The van der Waals surface area contributed by atoms with Crippen molar-refractivity contribution in [2.24, 2.45) is 5.92 Å². The van der Waals surface area contributed by atoms with Crippen LogP contribution < -0.4 is 16.0 Å². The lowest BCUT2D eigenvalue weighted by Crippen LogP contribution is -2.59. The second-order valence-electron chi connectivity index (χ2n) is 12.5. The number of alkyl carbamates (subject to hydrolysis) is 1. The average Bonchev–Trinajstić information content (AvgIpc) is 3.38. The first kappa shape index (κ1) is 32.5. The Hall–Kier alpha value is -4.39. The maximum Gasteiger partial charge on any atom is 0.408 e. The van der Waals surface area contributed by atoms with Gasteiger partial charge in [0.15, 0.2) is 0 Å². The summed E-state index contributed by atoms with van der Waals surface area (Å²) < 4.78 is 5.31. The summed E-state index contributed by atoms with van der Waals surface area (Å²) in [6.07, 6.45) is 1.95. The summed E-state index contributed by atoms with van der Waals surface area (Å²) in [5.74, 6) is -1.60. The monoisotopic (exact) mass is 601 g/mol. The predicted molar refractivity (Wildman–Crippen MR) is 165 cm³/mol. The topological polar surface area (TPSA) is 141 Å². The van der Waals surface area contributed by atoms with Gasteiger partial charge >= 0.3 is 6.09 Å². The average molecular weight is 602 g/mol. The summed E-state index contributed by atoms with van der Waals surface area (Å²) >= 11 is 0. The summed E-state index contributed by atoms with van der Waals surface area (Å²) in [5, 5.41) is 18.2. The quantitative estimate of drug-likeness (QED) is 0.390. The van der Waals surface area contributed by atoms with E-state index in [2.05, 4.69) is 22.0 Å². The highest BCUT2D eigenvalue weighted by atomic mass is 16.6. The molecule has 2 aliphatic heterocycles. The molecule has 4 amide bonds. The van der Waals surface area contributed by atoms with Crippen molar-refractivity contribution in [2.45, 2.75) is 102 Å². The second-order valence-corrected chi connectivity index (χ2v) is 12.5. The molecule has 2 aromatic carbocycles. The third kappa shape index (κ3) is 7.95. The van der Waals surface area contributed by atoms with E-state index < -0.39 is 47.7 Å². The van der Waals surface area contributed by atoms with Gasteiger partial charge in [-0.2, -0.15) is 5.26 Å². The summed E-state index contributed by atoms with van der Waals surface area (Å²) in [6, 6.07) is 18.3. The molecule has 0 spiro atoms. The van der Waals surface area contributed by atoms with Crippen molar-refractivity contribution in [3.63, 3.8) is 0 Å². The minimum atomic E-state index is -1.01. The van der Waals surface area contributed by atoms with Crippen molar-refractivity contribution in [1.29, 1.82) is 5.26 Å². The number of benzene rings is 2. The number of carbonyl (C=O) groups is 4. The van der Waals surface area contributed by atoms with Crippen molar-refractivity contribution < 1.29 is 23.9 Å². The molecule has 5 atom stereocenters. The molecule has 0 aliphatic carbocycles. The van der Waals surface area contributed by atoms with Gasteiger partial charge in [-0.3, -0.25) is 14.4 Å². The van der Waals surface area contributed by atoms with Gasteiger partial charge in [-0.05, 0) is 64.0 Å². The zero-order chi connectivity index (χ0) is 31.9. The van der Waals surface area contributed by atoms with Crippen molar-refractivity contribution in [1.82, 2.24) is 20.9 Å². The van der Waals surface area contributed by atoms with Gasteiger partial charge in [0, 0.05) is 18.4 Å². The number of nitrogens with zero attached hydrogens (tertiary/aromatic N) is 2. The fraction of sp³-hybridized carbons (Fsp3) is 0.500. The van der Waals surface area contributed by atoms with Crippen LogP contribution in [0.4, 0.5) is 4.79 Å². The van der Waals surface area contributed by atoms with Crippen molar-refractivity contribution in [3.05, 3.63) is 71.8 Å². The normalized spacial score (nSPS) is 22.3. The molecule has 2 heterocycles. The Bertz CT molecular complexity index is 1310. The van der Waals surface area contributed by atoms with Crippen molar-refractivity contribution in [3.8, 4) is 6.07 Å². The number of fused-ring (bicyclic) bond motifs is 1. The molecule has 2 saturated heterocycles. The Labute approximate surface area is 259 Å². The largest absolute Gasteiger partial charge is 0.444 e. The first-order chi connectivity index (χ1) is 21.0. The Kier molecular flexibility index (Phi) is 10.6. The van der Waals surface area contributed by atoms with Crippen LogP contribution in [-0.2, 0) is 19.1 Å². The maximum absolute atomic E-state index is 14.2. The van der Waals surface area contributed by atoms with E-state index >= 15 is 0 Å². The van der Waals surface area contributed by atoms with E-state index in [9.17, 15) is 24.4 Å². The van der Waals surface area contributed by atoms with Gasteiger partial charge in [-0.15, -0.1) is 0 Å². The van der Waals surface area contributed by atoms with E-state index in [1.54, 1.807) is 32.6 Å². The molecule has 0 saturated carbocycles. The molecule has 2 fully saturated rings. The Balaban J connectivity index is 1.55. The summed E-state index contributed by atoms with van der Waals surface area (Å²) in [7, 11) is 0. The Morgan fingerprint density at radius 3 is 2.09 bits per heavy atom.